The summed E-state index contributed by atoms with van der Waals surface area (Å²) in [5.74, 6) is -0.417. The fourth-order valence-corrected chi connectivity index (χ4v) is 3.39. The van der Waals surface area contributed by atoms with Crippen LogP contribution in [-0.4, -0.2) is 42.2 Å². The molecule has 2 heterocycles. The molecule has 0 saturated carbocycles. The second-order valence-electron chi connectivity index (χ2n) is 5.28. The van der Waals surface area contributed by atoms with Crippen molar-refractivity contribution in [2.75, 3.05) is 18.9 Å². The molecular weight excluding hydrogens is 328 g/mol. The van der Waals surface area contributed by atoms with Gasteiger partial charge < -0.3 is 10.3 Å². The number of rotatable bonds is 5. The molecule has 2 aromatic heterocycles. The van der Waals surface area contributed by atoms with Crippen LogP contribution in [-0.2, 0) is 14.8 Å². The maximum atomic E-state index is 12.4. The highest BCUT2D eigenvalue weighted by Crippen LogP contribution is 2.18. The molecule has 0 aliphatic rings. The van der Waals surface area contributed by atoms with Gasteiger partial charge in [-0.3, -0.25) is 9.78 Å². The molecule has 3 aromatic rings. The fraction of sp³-hybridized carbons (Fsp3) is 0.125. The molecule has 0 spiro atoms. The van der Waals surface area contributed by atoms with E-state index < -0.39 is 15.9 Å². The molecule has 7 nitrogen and oxygen atoms in total. The van der Waals surface area contributed by atoms with Gasteiger partial charge in [0.2, 0.25) is 15.9 Å². The number of benzene rings is 1. The lowest BCUT2D eigenvalue weighted by atomic mass is 10.2. The van der Waals surface area contributed by atoms with Crippen molar-refractivity contribution in [3.05, 3.63) is 55.0 Å². The molecule has 0 radical (unpaired) electrons. The van der Waals surface area contributed by atoms with Crippen LogP contribution in [0.15, 0.2) is 59.9 Å². The molecule has 0 unspecified atom stereocenters. The zero-order valence-electron chi connectivity index (χ0n) is 12.9. The van der Waals surface area contributed by atoms with E-state index in [4.69, 9.17) is 0 Å². The Morgan fingerprint density at radius 3 is 2.88 bits per heavy atom. The molecule has 0 saturated heterocycles. The normalized spacial score (nSPS) is 11.8. The number of likely N-dealkylation sites (N-methyl/N-ethyl adjacent to an activating group) is 1. The highest BCUT2D eigenvalue weighted by molar-refractivity contribution is 7.89. The Morgan fingerprint density at radius 1 is 1.29 bits per heavy atom. The van der Waals surface area contributed by atoms with Crippen molar-refractivity contribution < 1.29 is 13.2 Å². The number of anilines is 1. The van der Waals surface area contributed by atoms with Gasteiger partial charge in [0.1, 0.15) is 4.90 Å². The molecule has 0 atom stereocenters. The van der Waals surface area contributed by atoms with Crippen LogP contribution in [0.3, 0.4) is 0 Å². The molecule has 24 heavy (non-hydrogen) atoms. The van der Waals surface area contributed by atoms with E-state index in [-0.39, 0.29) is 11.4 Å². The highest BCUT2D eigenvalue weighted by atomic mass is 32.2. The molecule has 0 aliphatic carbocycles. The van der Waals surface area contributed by atoms with Crippen molar-refractivity contribution in [1.29, 1.82) is 0 Å². The van der Waals surface area contributed by atoms with Crippen LogP contribution < -0.4 is 5.32 Å². The monoisotopic (exact) mass is 344 g/mol. The van der Waals surface area contributed by atoms with E-state index in [1.165, 1.54) is 31.6 Å². The van der Waals surface area contributed by atoms with Crippen molar-refractivity contribution in [2.45, 2.75) is 4.90 Å². The molecular formula is C16H16N4O3S. The van der Waals surface area contributed by atoms with Gasteiger partial charge in [-0.05, 0) is 36.4 Å². The summed E-state index contributed by atoms with van der Waals surface area (Å²) in [5.41, 5.74) is 1.57. The van der Waals surface area contributed by atoms with Gasteiger partial charge in [-0.25, -0.2) is 8.42 Å². The topological polar surface area (TPSA) is 95.2 Å². The summed E-state index contributed by atoms with van der Waals surface area (Å²) in [6.07, 6.45) is 4.55. The lowest BCUT2D eigenvalue weighted by Gasteiger charge is -2.16. The smallest absolute Gasteiger partial charge is 0.244 e. The number of carbonyl (C=O) groups excluding carboxylic acids is 1. The number of nitrogens with zero attached hydrogens (tertiary/aromatic N) is 2. The third kappa shape index (κ3) is 3.29. The quantitative estimate of drug-likeness (QED) is 0.738. The van der Waals surface area contributed by atoms with Crippen LogP contribution in [0.25, 0.3) is 10.9 Å². The van der Waals surface area contributed by atoms with Crippen LogP contribution >= 0.6 is 0 Å². The maximum Gasteiger partial charge on any atom is 0.244 e. The van der Waals surface area contributed by atoms with Gasteiger partial charge in [-0.2, -0.15) is 4.31 Å². The average Bonchev–Trinajstić information content (AvgIpc) is 3.03. The maximum absolute atomic E-state index is 12.4. The highest BCUT2D eigenvalue weighted by Gasteiger charge is 2.23. The standard InChI is InChI=1S/C16H16N4O3S/c1-20(24(22,23)14-3-2-7-17-10-14)11-16(21)19-13-4-5-15-12(9-13)6-8-18-15/h2-10,18H,11H2,1H3,(H,19,21). The molecule has 1 aromatic carbocycles. The Balaban J connectivity index is 1.70. The number of sulfonamides is 1. The number of pyridine rings is 1. The minimum atomic E-state index is -3.75. The van der Waals surface area contributed by atoms with Gasteiger partial charge in [-0.1, -0.05) is 0 Å². The van der Waals surface area contributed by atoms with E-state index in [2.05, 4.69) is 15.3 Å². The first-order valence-corrected chi connectivity index (χ1v) is 8.64. The Hall–Kier alpha value is -2.71. The first-order chi connectivity index (χ1) is 11.5. The van der Waals surface area contributed by atoms with Gasteiger partial charge in [0, 0.05) is 42.2 Å². The van der Waals surface area contributed by atoms with E-state index in [0.717, 1.165) is 15.2 Å². The molecule has 0 aliphatic heterocycles. The number of fused-ring (bicyclic) bond motifs is 1. The van der Waals surface area contributed by atoms with Crippen molar-refractivity contribution in [2.24, 2.45) is 0 Å². The second-order valence-corrected chi connectivity index (χ2v) is 7.32. The summed E-state index contributed by atoms with van der Waals surface area (Å²) in [5, 5.41) is 3.67. The van der Waals surface area contributed by atoms with Crippen LogP contribution in [0.4, 0.5) is 5.69 Å². The Bertz CT molecular complexity index is 967. The summed E-state index contributed by atoms with van der Waals surface area (Å²) >= 11 is 0. The second kappa shape index (κ2) is 6.42. The van der Waals surface area contributed by atoms with Gasteiger partial charge in [0.15, 0.2) is 0 Å². The summed E-state index contributed by atoms with van der Waals surface area (Å²) < 4.78 is 25.7. The van der Waals surface area contributed by atoms with Crippen molar-refractivity contribution in [3.63, 3.8) is 0 Å². The largest absolute Gasteiger partial charge is 0.361 e. The minimum Gasteiger partial charge on any atom is -0.361 e. The zero-order valence-corrected chi connectivity index (χ0v) is 13.7. The first-order valence-electron chi connectivity index (χ1n) is 7.20. The summed E-state index contributed by atoms with van der Waals surface area (Å²) in [6.45, 7) is -0.289. The molecule has 124 valence electrons. The molecule has 8 heteroatoms. The Labute approximate surface area is 139 Å². The van der Waals surface area contributed by atoms with Crippen LogP contribution in [0.5, 0.6) is 0 Å². The third-order valence-electron chi connectivity index (χ3n) is 3.55. The number of nitrogens with one attached hydrogen (secondary N) is 2. The molecule has 0 fully saturated rings. The number of hydrogen-bond donors (Lipinski definition) is 2. The number of hydrogen-bond acceptors (Lipinski definition) is 4. The lowest BCUT2D eigenvalue weighted by molar-refractivity contribution is -0.116. The number of H-pyrrole nitrogens is 1. The number of aromatic nitrogens is 2. The SMILES string of the molecule is CN(CC(=O)Nc1ccc2[nH]ccc2c1)S(=O)(=O)c1cccnc1. The van der Waals surface area contributed by atoms with E-state index in [1.54, 1.807) is 6.07 Å². The summed E-state index contributed by atoms with van der Waals surface area (Å²) in [4.78, 5) is 19.0. The molecule has 0 bridgehead atoms. The van der Waals surface area contributed by atoms with E-state index in [9.17, 15) is 13.2 Å². The number of aromatic amines is 1. The first kappa shape index (κ1) is 16.2. The predicted octanol–water partition coefficient (Wildman–Crippen LogP) is 1.82. The zero-order chi connectivity index (χ0) is 17.2. The fourth-order valence-electron chi connectivity index (χ4n) is 2.30. The Morgan fingerprint density at radius 2 is 2.12 bits per heavy atom. The average molecular weight is 344 g/mol. The van der Waals surface area contributed by atoms with Gasteiger partial charge in [-0.15, -0.1) is 0 Å². The van der Waals surface area contributed by atoms with E-state index in [0.29, 0.717) is 5.69 Å². The number of amides is 1. The molecule has 3 rings (SSSR count). The van der Waals surface area contributed by atoms with Crippen molar-refractivity contribution in [3.8, 4) is 0 Å². The Kier molecular flexibility index (Phi) is 4.32. The van der Waals surface area contributed by atoms with Gasteiger partial charge in [0.25, 0.3) is 0 Å². The summed E-state index contributed by atoms with van der Waals surface area (Å²) in [6, 6.07) is 10.3. The van der Waals surface area contributed by atoms with Crippen LogP contribution in [0, 0.1) is 0 Å². The molecule has 2 N–H and O–H groups in total. The van der Waals surface area contributed by atoms with Gasteiger partial charge >= 0.3 is 0 Å². The van der Waals surface area contributed by atoms with Crippen molar-refractivity contribution >= 4 is 32.5 Å². The van der Waals surface area contributed by atoms with Gasteiger partial charge in [0.05, 0.1) is 6.54 Å². The van der Waals surface area contributed by atoms with Crippen LogP contribution in [0.2, 0.25) is 0 Å². The van der Waals surface area contributed by atoms with E-state index in [1.807, 2.05) is 24.4 Å². The lowest BCUT2D eigenvalue weighted by Crippen LogP contribution is -2.35. The minimum absolute atomic E-state index is 0.0500. The third-order valence-corrected chi connectivity index (χ3v) is 5.33. The van der Waals surface area contributed by atoms with Crippen molar-refractivity contribution in [1.82, 2.24) is 14.3 Å². The predicted molar refractivity (Wildman–Crippen MR) is 91.0 cm³/mol. The van der Waals surface area contributed by atoms with Crippen LogP contribution in [0.1, 0.15) is 0 Å². The number of carbonyl (C=O) groups is 1. The van der Waals surface area contributed by atoms with E-state index >= 15 is 0 Å². The summed E-state index contributed by atoms with van der Waals surface area (Å²) in [7, 11) is -2.39. The molecule has 1 amide bonds.